The SMILES string of the molecule is Cc1nccn1CCNC(=O)[C@@H](N)C(C)(C)C.Cl.Cl. The zero-order chi connectivity index (χ0) is 13.1. The van der Waals surface area contributed by atoms with Crippen molar-refractivity contribution in [1.29, 1.82) is 0 Å². The minimum Gasteiger partial charge on any atom is -0.353 e. The Bertz CT molecular complexity index is 387. The molecule has 112 valence electrons. The fourth-order valence-electron chi connectivity index (χ4n) is 1.44. The fourth-order valence-corrected chi connectivity index (χ4v) is 1.44. The Labute approximate surface area is 127 Å². The Morgan fingerprint density at radius 1 is 1.47 bits per heavy atom. The van der Waals surface area contributed by atoms with Gasteiger partial charge in [-0.1, -0.05) is 20.8 Å². The van der Waals surface area contributed by atoms with E-state index in [4.69, 9.17) is 5.73 Å². The largest absolute Gasteiger partial charge is 0.353 e. The Kier molecular flexibility index (Phi) is 9.08. The molecule has 7 heteroatoms. The van der Waals surface area contributed by atoms with Crippen molar-refractivity contribution in [3.8, 4) is 0 Å². The molecule has 0 saturated carbocycles. The van der Waals surface area contributed by atoms with Gasteiger partial charge < -0.3 is 15.6 Å². The Morgan fingerprint density at radius 3 is 2.47 bits per heavy atom. The van der Waals surface area contributed by atoms with Crippen LogP contribution in [-0.2, 0) is 11.3 Å². The molecule has 1 amide bonds. The van der Waals surface area contributed by atoms with Gasteiger partial charge in [-0.2, -0.15) is 0 Å². The van der Waals surface area contributed by atoms with E-state index >= 15 is 0 Å². The van der Waals surface area contributed by atoms with Crippen LogP contribution in [0, 0.1) is 12.3 Å². The standard InChI is InChI=1S/C12H22N4O.2ClH/c1-9-14-5-7-16(9)8-6-15-11(17)10(13)12(2,3)4;;/h5,7,10H,6,8,13H2,1-4H3,(H,15,17);2*1H/t10-;;/m1../s1. The normalized spacial score (nSPS) is 12.1. The first-order valence-electron chi connectivity index (χ1n) is 5.83. The lowest BCUT2D eigenvalue weighted by molar-refractivity contribution is -0.124. The predicted molar refractivity (Wildman–Crippen MR) is 81.9 cm³/mol. The minimum atomic E-state index is -0.480. The molecule has 0 aliphatic rings. The molecule has 19 heavy (non-hydrogen) atoms. The van der Waals surface area contributed by atoms with Gasteiger partial charge in [-0.25, -0.2) is 4.98 Å². The second-order valence-corrected chi connectivity index (χ2v) is 5.30. The maximum atomic E-state index is 11.7. The molecular weight excluding hydrogens is 287 g/mol. The minimum absolute atomic E-state index is 0. The highest BCUT2D eigenvalue weighted by Gasteiger charge is 2.26. The van der Waals surface area contributed by atoms with Crippen molar-refractivity contribution in [2.45, 2.75) is 40.3 Å². The van der Waals surface area contributed by atoms with Crippen LogP contribution in [0.4, 0.5) is 0 Å². The van der Waals surface area contributed by atoms with Gasteiger partial charge in [0.1, 0.15) is 5.82 Å². The van der Waals surface area contributed by atoms with E-state index in [0.29, 0.717) is 13.1 Å². The number of carbonyl (C=O) groups is 1. The van der Waals surface area contributed by atoms with Crippen LogP contribution in [0.15, 0.2) is 12.4 Å². The lowest BCUT2D eigenvalue weighted by Crippen LogP contribution is -2.49. The summed E-state index contributed by atoms with van der Waals surface area (Å²) in [5.74, 6) is 0.842. The van der Waals surface area contributed by atoms with Gasteiger partial charge in [-0.15, -0.1) is 24.8 Å². The average Bonchev–Trinajstić information content (AvgIpc) is 2.62. The summed E-state index contributed by atoms with van der Waals surface area (Å²) in [4.78, 5) is 15.9. The molecule has 0 radical (unpaired) electrons. The van der Waals surface area contributed by atoms with Crippen molar-refractivity contribution in [2.75, 3.05) is 6.54 Å². The van der Waals surface area contributed by atoms with Gasteiger partial charge in [0, 0.05) is 25.5 Å². The maximum absolute atomic E-state index is 11.7. The number of nitrogens with zero attached hydrogens (tertiary/aromatic N) is 2. The molecule has 0 aliphatic carbocycles. The fraction of sp³-hybridized carbons (Fsp3) is 0.667. The highest BCUT2D eigenvalue weighted by Crippen LogP contribution is 2.16. The van der Waals surface area contributed by atoms with Crippen LogP contribution in [0.3, 0.4) is 0 Å². The number of hydrogen-bond acceptors (Lipinski definition) is 3. The van der Waals surface area contributed by atoms with E-state index in [0.717, 1.165) is 5.82 Å². The van der Waals surface area contributed by atoms with Crippen molar-refractivity contribution < 1.29 is 4.79 Å². The molecule has 5 nitrogen and oxygen atoms in total. The molecule has 0 fully saturated rings. The third-order valence-corrected chi connectivity index (χ3v) is 2.79. The number of carbonyl (C=O) groups excluding carboxylic acids is 1. The summed E-state index contributed by atoms with van der Waals surface area (Å²) in [6.07, 6.45) is 3.64. The van der Waals surface area contributed by atoms with Crippen LogP contribution >= 0.6 is 24.8 Å². The highest BCUT2D eigenvalue weighted by molar-refractivity contribution is 5.85. The molecule has 1 rings (SSSR count). The van der Waals surface area contributed by atoms with E-state index in [-0.39, 0.29) is 36.1 Å². The number of nitrogens with one attached hydrogen (secondary N) is 1. The number of nitrogens with two attached hydrogens (primary N) is 1. The van der Waals surface area contributed by atoms with Crippen molar-refractivity contribution in [3.63, 3.8) is 0 Å². The molecule has 0 aromatic carbocycles. The Morgan fingerprint density at radius 2 is 2.05 bits per heavy atom. The van der Waals surface area contributed by atoms with E-state index in [1.807, 2.05) is 38.5 Å². The second kappa shape index (κ2) is 8.40. The molecule has 1 heterocycles. The predicted octanol–water partition coefficient (Wildman–Crippen LogP) is 1.52. The van der Waals surface area contributed by atoms with E-state index < -0.39 is 6.04 Å². The highest BCUT2D eigenvalue weighted by atomic mass is 35.5. The van der Waals surface area contributed by atoms with Gasteiger partial charge in [0.05, 0.1) is 6.04 Å². The molecule has 1 atom stereocenters. The Balaban J connectivity index is 0. The van der Waals surface area contributed by atoms with Crippen molar-refractivity contribution >= 4 is 30.7 Å². The molecule has 0 aliphatic heterocycles. The van der Waals surface area contributed by atoms with Gasteiger partial charge in [0.2, 0.25) is 5.91 Å². The van der Waals surface area contributed by atoms with Gasteiger partial charge >= 0.3 is 0 Å². The van der Waals surface area contributed by atoms with Crippen LogP contribution < -0.4 is 11.1 Å². The molecule has 3 N–H and O–H groups in total. The zero-order valence-corrected chi connectivity index (χ0v) is 13.5. The number of aromatic nitrogens is 2. The molecular formula is C12H24Cl2N4O. The van der Waals surface area contributed by atoms with Crippen LogP contribution in [0.2, 0.25) is 0 Å². The lowest BCUT2D eigenvalue weighted by Gasteiger charge is -2.25. The van der Waals surface area contributed by atoms with E-state index in [9.17, 15) is 4.79 Å². The van der Waals surface area contributed by atoms with Gasteiger partial charge in [0.25, 0.3) is 0 Å². The van der Waals surface area contributed by atoms with Crippen LogP contribution in [0.1, 0.15) is 26.6 Å². The summed E-state index contributed by atoms with van der Waals surface area (Å²) < 4.78 is 1.99. The molecule has 1 aromatic heterocycles. The average molecular weight is 311 g/mol. The number of hydrogen-bond donors (Lipinski definition) is 2. The molecule has 0 spiro atoms. The smallest absolute Gasteiger partial charge is 0.237 e. The van der Waals surface area contributed by atoms with Crippen LogP contribution in [0.5, 0.6) is 0 Å². The summed E-state index contributed by atoms with van der Waals surface area (Å²) in [6, 6.07) is -0.480. The van der Waals surface area contributed by atoms with E-state index in [2.05, 4.69) is 10.3 Å². The van der Waals surface area contributed by atoms with Gasteiger partial charge in [-0.05, 0) is 12.3 Å². The molecule has 0 saturated heterocycles. The zero-order valence-electron chi connectivity index (χ0n) is 11.8. The second-order valence-electron chi connectivity index (χ2n) is 5.30. The van der Waals surface area contributed by atoms with Crippen molar-refractivity contribution in [2.24, 2.45) is 11.1 Å². The first-order chi connectivity index (χ1) is 7.82. The summed E-state index contributed by atoms with van der Waals surface area (Å²) in [6.45, 7) is 9.09. The number of halogens is 2. The molecule has 0 bridgehead atoms. The number of rotatable bonds is 4. The monoisotopic (exact) mass is 310 g/mol. The van der Waals surface area contributed by atoms with Crippen molar-refractivity contribution in [3.05, 3.63) is 18.2 Å². The van der Waals surface area contributed by atoms with Gasteiger partial charge in [-0.3, -0.25) is 4.79 Å². The maximum Gasteiger partial charge on any atom is 0.237 e. The van der Waals surface area contributed by atoms with Crippen molar-refractivity contribution in [1.82, 2.24) is 14.9 Å². The first kappa shape index (κ1) is 20.5. The van der Waals surface area contributed by atoms with Crippen LogP contribution in [-0.4, -0.2) is 28.0 Å². The number of amides is 1. The number of imidazole rings is 1. The first-order valence-corrected chi connectivity index (χ1v) is 5.83. The Hall–Kier alpha value is -0.780. The third kappa shape index (κ3) is 6.27. The molecule has 1 aromatic rings. The van der Waals surface area contributed by atoms with E-state index in [1.165, 1.54) is 0 Å². The van der Waals surface area contributed by atoms with E-state index in [1.54, 1.807) is 6.20 Å². The summed E-state index contributed by atoms with van der Waals surface area (Å²) in [5.41, 5.74) is 5.64. The topological polar surface area (TPSA) is 72.9 Å². The summed E-state index contributed by atoms with van der Waals surface area (Å²) in [5, 5.41) is 2.84. The third-order valence-electron chi connectivity index (χ3n) is 2.79. The quantitative estimate of drug-likeness (QED) is 0.885. The van der Waals surface area contributed by atoms with Gasteiger partial charge in [0.15, 0.2) is 0 Å². The number of aryl methyl sites for hydroxylation is 1. The summed E-state index contributed by atoms with van der Waals surface area (Å²) >= 11 is 0. The van der Waals surface area contributed by atoms with Crippen LogP contribution in [0.25, 0.3) is 0 Å². The summed E-state index contributed by atoms with van der Waals surface area (Å²) in [7, 11) is 0. The lowest BCUT2D eigenvalue weighted by atomic mass is 9.87. The molecule has 0 unspecified atom stereocenters.